The van der Waals surface area contributed by atoms with E-state index < -0.39 is 0 Å². The second-order valence-corrected chi connectivity index (χ2v) is 7.50. The minimum absolute atomic E-state index is 1.23. The van der Waals surface area contributed by atoms with Crippen LogP contribution in [0.1, 0.15) is 77.2 Å². The van der Waals surface area contributed by atoms with Crippen molar-refractivity contribution >= 4 is 0 Å². The molecule has 0 aromatic heterocycles. The monoisotopic (exact) mass is 318 g/mol. The molecule has 0 bridgehead atoms. The van der Waals surface area contributed by atoms with Gasteiger partial charge in [0.05, 0.1) is 26.7 Å². The van der Waals surface area contributed by atoms with E-state index in [4.69, 9.17) is 0 Å². The van der Waals surface area contributed by atoms with Gasteiger partial charge in [-0.3, -0.25) is 0 Å². The number of benzene rings is 1. The Labute approximate surface area is 145 Å². The Balaban J connectivity index is 2.38. The SMILES string of the molecule is CCCCCC[N+](C)(CCCCCC)CCCc1ccccc1. The maximum absolute atomic E-state index is 2.50. The summed E-state index contributed by atoms with van der Waals surface area (Å²) in [6.07, 6.45) is 13.7. The van der Waals surface area contributed by atoms with Gasteiger partial charge in [-0.15, -0.1) is 0 Å². The highest BCUT2D eigenvalue weighted by Gasteiger charge is 2.20. The average Bonchev–Trinajstić information content (AvgIpc) is 2.57. The first kappa shape index (κ1) is 20.2. The zero-order valence-corrected chi connectivity index (χ0v) is 16.0. The molecule has 0 aliphatic carbocycles. The maximum Gasteiger partial charge on any atom is 0.0787 e. The van der Waals surface area contributed by atoms with Crippen molar-refractivity contribution in [1.29, 1.82) is 0 Å². The summed E-state index contributed by atoms with van der Waals surface area (Å²) in [7, 11) is 2.50. The van der Waals surface area contributed by atoms with Crippen LogP contribution >= 0.6 is 0 Å². The number of unbranched alkanes of at least 4 members (excludes halogenated alkanes) is 6. The highest BCUT2D eigenvalue weighted by molar-refractivity contribution is 5.14. The quantitative estimate of drug-likeness (QED) is 0.282. The van der Waals surface area contributed by atoms with Gasteiger partial charge in [-0.2, -0.15) is 0 Å². The summed E-state index contributed by atoms with van der Waals surface area (Å²) in [5, 5.41) is 0. The first-order valence-corrected chi connectivity index (χ1v) is 10.1. The van der Waals surface area contributed by atoms with Gasteiger partial charge in [-0.25, -0.2) is 0 Å². The molecule has 0 saturated carbocycles. The molecule has 132 valence electrons. The lowest BCUT2D eigenvalue weighted by Crippen LogP contribution is -2.46. The van der Waals surface area contributed by atoms with Crippen molar-refractivity contribution in [1.82, 2.24) is 0 Å². The van der Waals surface area contributed by atoms with Gasteiger partial charge in [0.2, 0.25) is 0 Å². The lowest BCUT2D eigenvalue weighted by Gasteiger charge is -2.35. The molecule has 0 amide bonds. The number of hydrogen-bond donors (Lipinski definition) is 0. The molecule has 0 saturated heterocycles. The Hall–Kier alpha value is -0.820. The summed E-state index contributed by atoms with van der Waals surface area (Å²) in [5.74, 6) is 0. The standard InChI is InChI=1S/C22H40N/c1-4-6-8-13-19-23(3,20-14-9-7-5-2)21-15-18-22-16-11-10-12-17-22/h10-12,16-17H,4-9,13-15,18-21H2,1-3H3/q+1. The molecule has 0 fully saturated rings. The number of aryl methyl sites for hydroxylation is 1. The molecule has 1 aromatic carbocycles. The predicted octanol–water partition coefficient (Wildman–Crippen LogP) is 6.23. The molecule has 0 radical (unpaired) electrons. The van der Waals surface area contributed by atoms with Crippen LogP contribution < -0.4 is 0 Å². The third kappa shape index (κ3) is 9.81. The van der Waals surface area contributed by atoms with E-state index in [1.165, 1.54) is 93.9 Å². The second-order valence-electron chi connectivity index (χ2n) is 7.50. The third-order valence-electron chi connectivity index (χ3n) is 5.11. The number of quaternary nitrogens is 1. The van der Waals surface area contributed by atoms with E-state index >= 15 is 0 Å². The molecule has 1 heteroatoms. The molecule has 0 atom stereocenters. The summed E-state index contributed by atoms with van der Waals surface area (Å²) >= 11 is 0. The Morgan fingerprint density at radius 1 is 0.652 bits per heavy atom. The van der Waals surface area contributed by atoms with Crippen LogP contribution in [0.4, 0.5) is 0 Å². The highest BCUT2D eigenvalue weighted by Crippen LogP contribution is 2.14. The van der Waals surface area contributed by atoms with Crippen molar-refractivity contribution in [3.05, 3.63) is 35.9 Å². The topological polar surface area (TPSA) is 0 Å². The number of nitrogens with zero attached hydrogens (tertiary/aromatic N) is 1. The zero-order chi connectivity index (χ0) is 16.8. The van der Waals surface area contributed by atoms with Gasteiger partial charge in [-0.05, 0) is 37.7 Å². The molecule has 0 aliphatic rings. The molecule has 1 aromatic rings. The summed E-state index contributed by atoms with van der Waals surface area (Å²) < 4.78 is 1.29. The molecule has 0 heterocycles. The number of hydrogen-bond acceptors (Lipinski definition) is 0. The minimum atomic E-state index is 1.23. The lowest BCUT2D eigenvalue weighted by molar-refractivity contribution is -0.910. The fraction of sp³-hybridized carbons (Fsp3) is 0.727. The van der Waals surface area contributed by atoms with E-state index in [1.807, 2.05) is 0 Å². The normalized spacial score (nSPS) is 11.8. The molecular weight excluding hydrogens is 278 g/mol. The van der Waals surface area contributed by atoms with Gasteiger partial charge in [0, 0.05) is 6.42 Å². The van der Waals surface area contributed by atoms with Crippen molar-refractivity contribution < 1.29 is 4.48 Å². The third-order valence-corrected chi connectivity index (χ3v) is 5.11. The van der Waals surface area contributed by atoms with Crippen molar-refractivity contribution in [2.24, 2.45) is 0 Å². The molecule has 1 rings (SSSR count). The average molecular weight is 319 g/mol. The van der Waals surface area contributed by atoms with Crippen LogP contribution in [-0.2, 0) is 6.42 Å². The van der Waals surface area contributed by atoms with Crippen LogP contribution in [0.15, 0.2) is 30.3 Å². The van der Waals surface area contributed by atoms with Crippen LogP contribution in [-0.4, -0.2) is 31.2 Å². The van der Waals surface area contributed by atoms with E-state index in [9.17, 15) is 0 Å². The Morgan fingerprint density at radius 2 is 1.17 bits per heavy atom. The smallest absolute Gasteiger partial charge is 0.0787 e. The maximum atomic E-state index is 2.50. The Morgan fingerprint density at radius 3 is 1.70 bits per heavy atom. The summed E-state index contributed by atoms with van der Waals surface area (Å²) in [4.78, 5) is 0. The van der Waals surface area contributed by atoms with Crippen molar-refractivity contribution in [2.75, 3.05) is 26.7 Å². The molecule has 23 heavy (non-hydrogen) atoms. The van der Waals surface area contributed by atoms with Crippen LogP contribution in [0.5, 0.6) is 0 Å². The van der Waals surface area contributed by atoms with E-state index in [0.29, 0.717) is 0 Å². The zero-order valence-electron chi connectivity index (χ0n) is 16.0. The largest absolute Gasteiger partial charge is 0.326 e. The van der Waals surface area contributed by atoms with Gasteiger partial charge >= 0.3 is 0 Å². The van der Waals surface area contributed by atoms with Gasteiger partial charge in [-0.1, -0.05) is 69.9 Å². The van der Waals surface area contributed by atoms with Gasteiger partial charge in [0.25, 0.3) is 0 Å². The molecule has 1 nitrogen and oxygen atoms in total. The van der Waals surface area contributed by atoms with Crippen molar-refractivity contribution in [3.63, 3.8) is 0 Å². The van der Waals surface area contributed by atoms with Crippen molar-refractivity contribution in [3.8, 4) is 0 Å². The molecule has 0 unspecified atom stereocenters. The van der Waals surface area contributed by atoms with Gasteiger partial charge < -0.3 is 4.48 Å². The van der Waals surface area contributed by atoms with Crippen LogP contribution in [0, 0.1) is 0 Å². The fourth-order valence-corrected chi connectivity index (χ4v) is 3.49. The lowest BCUT2D eigenvalue weighted by atomic mass is 10.1. The van der Waals surface area contributed by atoms with E-state index in [2.05, 4.69) is 51.2 Å². The predicted molar refractivity (Wildman–Crippen MR) is 104 cm³/mol. The van der Waals surface area contributed by atoms with E-state index in [-0.39, 0.29) is 0 Å². The summed E-state index contributed by atoms with van der Waals surface area (Å²) in [6, 6.07) is 11.0. The summed E-state index contributed by atoms with van der Waals surface area (Å²) in [5.41, 5.74) is 1.50. The van der Waals surface area contributed by atoms with Crippen molar-refractivity contribution in [2.45, 2.75) is 78.1 Å². The van der Waals surface area contributed by atoms with Gasteiger partial charge in [0.1, 0.15) is 0 Å². The molecule has 0 N–H and O–H groups in total. The fourth-order valence-electron chi connectivity index (χ4n) is 3.49. The van der Waals surface area contributed by atoms with E-state index in [0.717, 1.165) is 0 Å². The first-order chi connectivity index (χ1) is 11.2. The molecular formula is C22H40N+. The van der Waals surface area contributed by atoms with Crippen LogP contribution in [0.25, 0.3) is 0 Å². The van der Waals surface area contributed by atoms with E-state index in [1.54, 1.807) is 0 Å². The molecule has 0 aliphatic heterocycles. The van der Waals surface area contributed by atoms with Crippen LogP contribution in [0.2, 0.25) is 0 Å². The Bertz CT molecular complexity index is 359. The molecule has 0 spiro atoms. The number of rotatable bonds is 14. The van der Waals surface area contributed by atoms with Gasteiger partial charge in [0.15, 0.2) is 0 Å². The first-order valence-electron chi connectivity index (χ1n) is 10.1. The second kappa shape index (κ2) is 12.6. The summed E-state index contributed by atoms with van der Waals surface area (Å²) in [6.45, 7) is 8.70. The van der Waals surface area contributed by atoms with Crippen LogP contribution in [0.3, 0.4) is 0 Å². The Kier molecular flexibility index (Phi) is 11.1. The highest BCUT2D eigenvalue weighted by atomic mass is 15.3. The minimum Gasteiger partial charge on any atom is -0.326 e.